The first-order chi connectivity index (χ1) is 19.7. The normalized spacial score (nSPS) is 14.4. The van der Waals surface area contributed by atoms with Gasteiger partial charge in [-0.2, -0.15) is 0 Å². The largest absolute Gasteiger partial charge is 0.462 e. The lowest BCUT2D eigenvalue weighted by atomic mass is 10.1. The van der Waals surface area contributed by atoms with Crippen molar-refractivity contribution in [2.45, 2.75) is 33.1 Å². The van der Waals surface area contributed by atoms with Crippen molar-refractivity contribution in [3.05, 3.63) is 95.1 Å². The molecule has 1 fully saturated rings. The van der Waals surface area contributed by atoms with Crippen LogP contribution in [0.15, 0.2) is 72.8 Å². The molecule has 0 aromatic heterocycles. The van der Waals surface area contributed by atoms with Gasteiger partial charge in [0.2, 0.25) is 5.91 Å². The van der Waals surface area contributed by atoms with Gasteiger partial charge in [0.25, 0.3) is 0 Å². The number of ketones is 1. The molecule has 0 spiro atoms. The number of ether oxygens (including phenoxy) is 3. The molecule has 41 heavy (non-hydrogen) atoms. The van der Waals surface area contributed by atoms with Gasteiger partial charge in [-0.15, -0.1) is 0 Å². The maximum atomic E-state index is 12.6. The molecule has 0 aliphatic carbocycles. The number of esters is 3. The van der Waals surface area contributed by atoms with Crippen LogP contribution in [0.5, 0.6) is 5.75 Å². The number of benzene rings is 3. The fourth-order valence-electron chi connectivity index (χ4n) is 4.19. The van der Waals surface area contributed by atoms with Crippen LogP contribution in [0.2, 0.25) is 0 Å². The molecule has 1 amide bonds. The number of carbonyl (C=O) groups excluding carboxylic acids is 5. The van der Waals surface area contributed by atoms with Crippen LogP contribution in [-0.2, 0) is 19.1 Å². The molecule has 3 aromatic carbocycles. The SMILES string of the molecule is CCCCOC(=O)c1ccc(N2C[C@H](C(=O)OCC(=O)c3ccc(OC(=O)c4ccc(C)cc4)cc3)CC2=O)cc1. The predicted molar refractivity (Wildman–Crippen MR) is 150 cm³/mol. The highest BCUT2D eigenvalue weighted by atomic mass is 16.5. The molecule has 0 unspecified atom stereocenters. The number of unbranched alkanes of at least 4 members (excludes halogenated alkanes) is 1. The molecule has 9 heteroatoms. The van der Waals surface area contributed by atoms with Gasteiger partial charge in [-0.25, -0.2) is 9.59 Å². The van der Waals surface area contributed by atoms with E-state index in [1.54, 1.807) is 36.4 Å². The lowest BCUT2D eigenvalue weighted by Crippen LogP contribution is -2.27. The van der Waals surface area contributed by atoms with Crippen molar-refractivity contribution in [3.8, 4) is 5.75 Å². The van der Waals surface area contributed by atoms with Gasteiger partial charge < -0.3 is 19.1 Å². The van der Waals surface area contributed by atoms with E-state index < -0.39 is 36.2 Å². The molecule has 0 saturated carbocycles. The molecule has 0 bridgehead atoms. The van der Waals surface area contributed by atoms with Crippen LogP contribution in [0.3, 0.4) is 0 Å². The number of aryl methyl sites for hydroxylation is 1. The van der Waals surface area contributed by atoms with E-state index in [9.17, 15) is 24.0 Å². The van der Waals surface area contributed by atoms with E-state index in [-0.39, 0.29) is 30.2 Å². The molecule has 1 aliphatic heterocycles. The van der Waals surface area contributed by atoms with Crippen LogP contribution in [-0.4, -0.2) is 49.4 Å². The Hall–Kier alpha value is -4.79. The van der Waals surface area contributed by atoms with Crippen molar-refractivity contribution in [2.75, 3.05) is 24.7 Å². The molecule has 0 radical (unpaired) electrons. The van der Waals surface area contributed by atoms with Gasteiger partial charge in [0.15, 0.2) is 12.4 Å². The second-order valence-electron chi connectivity index (χ2n) is 9.75. The molecule has 3 aromatic rings. The minimum Gasteiger partial charge on any atom is -0.462 e. The topological polar surface area (TPSA) is 116 Å². The first-order valence-electron chi connectivity index (χ1n) is 13.4. The third-order valence-corrected chi connectivity index (χ3v) is 6.62. The molecule has 212 valence electrons. The van der Waals surface area contributed by atoms with Crippen LogP contribution in [0, 0.1) is 12.8 Å². The number of anilines is 1. The zero-order valence-corrected chi connectivity index (χ0v) is 23.0. The summed E-state index contributed by atoms with van der Waals surface area (Å²) in [6.45, 7) is 3.89. The van der Waals surface area contributed by atoms with E-state index in [1.807, 2.05) is 26.0 Å². The second-order valence-corrected chi connectivity index (χ2v) is 9.75. The lowest BCUT2D eigenvalue weighted by Gasteiger charge is -2.17. The summed E-state index contributed by atoms with van der Waals surface area (Å²) >= 11 is 0. The van der Waals surface area contributed by atoms with E-state index in [0.29, 0.717) is 23.4 Å². The average molecular weight is 558 g/mol. The molecule has 9 nitrogen and oxygen atoms in total. The molecule has 4 rings (SSSR count). The Morgan fingerprint density at radius 3 is 2.07 bits per heavy atom. The van der Waals surface area contributed by atoms with Gasteiger partial charge in [0.05, 0.1) is 23.7 Å². The Balaban J connectivity index is 1.26. The smallest absolute Gasteiger partial charge is 0.343 e. The summed E-state index contributed by atoms with van der Waals surface area (Å²) in [4.78, 5) is 63.6. The van der Waals surface area contributed by atoms with Crippen LogP contribution in [0.4, 0.5) is 5.69 Å². The third kappa shape index (κ3) is 7.66. The molecule has 1 saturated heterocycles. The van der Waals surface area contributed by atoms with Crippen molar-refractivity contribution in [2.24, 2.45) is 5.92 Å². The molecular formula is C32H31NO8. The summed E-state index contributed by atoms with van der Waals surface area (Å²) in [6, 6.07) is 19.3. The van der Waals surface area contributed by atoms with Gasteiger partial charge in [-0.1, -0.05) is 31.0 Å². The molecule has 1 aliphatic rings. The molecule has 1 atom stereocenters. The fraction of sp³-hybridized carbons (Fsp3) is 0.281. The maximum Gasteiger partial charge on any atom is 0.343 e. The summed E-state index contributed by atoms with van der Waals surface area (Å²) in [7, 11) is 0. The van der Waals surface area contributed by atoms with Crippen molar-refractivity contribution in [1.29, 1.82) is 0 Å². The first-order valence-corrected chi connectivity index (χ1v) is 13.4. The highest BCUT2D eigenvalue weighted by Gasteiger charge is 2.36. The van der Waals surface area contributed by atoms with Gasteiger partial charge in [0, 0.05) is 24.2 Å². The zero-order valence-electron chi connectivity index (χ0n) is 23.0. The zero-order chi connectivity index (χ0) is 29.4. The van der Waals surface area contributed by atoms with Gasteiger partial charge in [-0.3, -0.25) is 14.4 Å². The summed E-state index contributed by atoms with van der Waals surface area (Å²) in [5.74, 6) is -2.73. The number of rotatable bonds is 11. The predicted octanol–water partition coefficient (Wildman–Crippen LogP) is 4.95. The Morgan fingerprint density at radius 2 is 1.41 bits per heavy atom. The average Bonchev–Trinajstić information content (AvgIpc) is 3.38. The monoisotopic (exact) mass is 557 g/mol. The fourth-order valence-corrected chi connectivity index (χ4v) is 4.19. The van der Waals surface area contributed by atoms with Gasteiger partial charge in [0.1, 0.15) is 5.75 Å². The van der Waals surface area contributed by atoms with E-state index in [2.05, 4.69) is 0 Å². The Labute approximate surface area is 238 Å². The summed E-state index contributed by atoms with van der Waals surface area (Å²) < 4.78 is 15.8. The lowest BCUT2D eigenvalue weighted by molar-refractivity contribution is -0.147. The number of Topliss-reactive ketones (excluding diaryl/α,β-unsaturated/α-hetero) is 1. The third-order valence-electron chi connectivity index (χ3n) is 6.62. The molecule has 0 N–H and O–H groups in total. The van der Waals surface area contributed by atoms with Crippen LogP contribution in [0.1, 0.15) is 62.8 Å². The number of amides is 1. The minimum absolute atomic E-state index is 0.0467. The van der Waals surface area contributed by atoms with E-state index >= 15 is 0 Å². The molecule has 1 heterocycles. The van der Waals surface area contributed by atoms with Gasteiger partial charge in [-0.05, 0) is 74.0 Å². The highest BCUT2D eigenvalue weighted by Crippen LogP contribution is 2.26. The quantitative estimate of drug-likeness (QED) is 0.141. The van der Waals surface area contributed by atoms with Crippen LogP contribution < -0.4 is 9.64 Å². The Morgan fingerprint density at radius 1 is 0.805 bits per heavy atom. The number of nitrogens with zero attached hydrogens (tertiary/aromatic N) is 1. The maximum absolute atomic E-state index is 12.6. The Kier molecular flexibility index (Phi) is 9.63. The minimum atomic E-state index is -0.724. The highest BCUT2D eigenvalue weighted by molar-refractivity contribution is 6.01. The summed E-state index contributed by atoms with van der Waals surface area (Å²) in [6.07, 6.45) is 1.66. The number of carbonyl (C=O) groups is 5. The van der Waals surface area contributed by atoms with Crippen molar-refractivity contribution in [3.63, 3.8) is 0 Å². The van der Waals surface area contributed by atoms with E-state index in [1.165, 1.54) is 29.2 Å². The van der Waals surface area contributed by atoms with E-state index in [4.69, 9.17) is 14.2 Å². The number of hydrogen-bond donors (Lipinski definition) is 0. The Bertz CT molecular complexity index is 1410. The van der Waals surface area contributed by atoms with Crippen molar-refractivity contribution < 1.29 is 38.2 Å². The summed E-state index contributed by atoms with van der Waals surface area (Å²) in [5.41, 5.74) is 2.64. The van der Waals surface area contributed by atoms with E-state index in [0.717, 1.165) is 18.4 Å². The van der Waals surface area contributed by atoms with Crippen molar-refractivity contribution >= 4 is 35.3 Å². The van der Waals surface area contributed by atoms with Crippen LogP contribution in [0.25, 0.3) is 0 Å². The first kappa shape index (κ1) is 29.2. The second kappa shape index (κ2) is 13.5. The standard InChI is InChI=1S/C32H31NO8/c1-3-4-17-39-30(36)23-9-13-26(14-10-23)33-19-25(18-29(33)35)31(37)40-20-28(34)22-11-15-27(16-12-22)41-32(38)24-7-5-21(2)6-8-24/h5-16,25H,3-4,17-20H2,1-2H3/t25-/m1/s1. The molecular weight excluding hydrogens is 526 g/mol. The summed E-state index contributed by atoms with van der Waals surface area (Å²) in [5, 5.41) is 0. The van der Waals surface area contributed by atoms with Crippen molar-refractivity contribution in [1.82, 2.24) is 0 Å². The van der Waals surface area contributed by atoms with Gasteiger partial charge >= 0.3 is 17.9 Å². The van der Waals surface area contributed by atoms with Crippen LogP contribution >= 0.6 is 0 Å². The number of hydrogen-bond acceptors (Lipinski definition) is 8.